The van der Waals surface area contributed by atoms with Crippen LogP contribution in [0, 0.1) is 35.0 Å². The molecule has 1 heterocycles. The Bertz CT molecular complexity index is 1630. The van der Waals surface area contributed by atoms with E-state index in [2.05, 4.69) is 29.3 Å². The molecule has 1 saturated heterocycles. The number of nitrogens with one attached hydrogen (secondary N) is 1. The van der Waals surface area contributed by atoms with Crippen LogP contribution < -0.4 is 5.32 Å². The molecule has 4 aromatic rings. The van der Waals surface area contributed by atoms with Gasteiger partial charge in [-0.3, -0.25) is 9.69 Å². The number of amides is 1. The second-order valence-corrected chi connectivity index (χ2v) is 11.4. The van der Waals surface area contributed by atoms with E-state index >= 15 is 0 Å². The molecule has 0 unspecified atom stereocenters. The molecule has 0 spiro atoms. The first-order chi connectivity index (χ1) is 22.1. The van der Waals surface area contributed by atoms with Crippen LogP contribution in [0.2, 0.25) is 0 Å². The largest absolute Gasteiger partial charge is 0.392 e. The summed E-state index contributed by atoms with van der Waals surface area (Å²) in [7, 11) is 2.02. The smallest absolute Gasteiger partial charge is 0.257 e. The maximum Gasteiger partial charge on any atom is 0.257 e. The molecule has 1 aliphatic heterocycles. The summed E-state index contributed by atoms with van der Waals surface area (Å²) in [5, 5.41) is 11.7. The van der Waals surface area contributed by atoms with Crippen LogP contribution in [0.1, 0.15) is 57.5 Å². The second-order valence-electron chi connectivity index (χ2n) is 11.4. The first kappa shape index (κ1) is 33.2. The highest BCUT2D eigenvalue weighted by Gasteiger charge is 2.39. The van der Waals surface area contributed by atoms with Crippen molar-refractivity contribution in [1.82, 2.24) is 10.2 Å². The van der Waals surface area contributed by atoms with E-state index in [-0.39, 0.29) is 31.3 Å². The normalized spacial score (nSPS) is 19.8. The number of hydrogen-bond acceptors (Lipinski definition) is 5. The second kappa shape index (κ2) is 14.5. The highest BCUT2D eigenvalue weighted by atomic mass is 19.2. The Labute approximate surface area is 263 Å². The predicted molar refractivity (Wildman–Crippen MR) is 160 cm³/mol. The molecule has 0 aliphatic carbocycles. The Morgan fingerprint density at radius 2 is 1.33 bits per heavy atom. The van der Waals surface area contributed by atoms with Crippen molar-refractivity contribution in [2.45, 2.75) is 45.1 Å². The third-order valence-electron chi connectivity index (χ3n) is 8.05. The molecule has 242 valence electrons. The topological polar surface area (TPSA) is 71.0 Å². The van der Waals surface area contributed by atoms with Crippen molar-refractivity contribution in [3.8, 4) is 0 Å². The average molecular weight is 641 g/mol. The van der Waals surface area contributed by atoms with E-state index < -0.39 is 46.8 Å². The number of halogens is 5. The SMILES string of the molecule is C[C@H]1[C@@H](CN(C)Cc2ccccc2)O[C@@H](c2ccc(CNC(=O)c3c(F)c(F)c(F)c(F)c3F)cc2)O[C@H]1c1ccc(CO)cc1. The van der Waals surface area contributed by atoms with Crippen LogP contribution in [0.4, 0.5) is 22.0 Å². The Kier molecular flexibility index (Phi) is 10.5. The van der Waals surface area contributed by atoms with E-state index in [4.69, 9.17) is 9.47 Å². The number of benzene rings is 4. The molecule has 4 aromatic carbocycles. The summed E-state index contributed by atoms with van der Waals surface area (Å²) in [6.45, 7) is 3.09. The summed E-state index contributed by atoms with van der Waals surface area (Å²) in [5.74, 6) is -12.6. The van der Waals surface area contributed by atoms with Crippen LogP contribution in [0.25, 0.3) is 0 Å². The van der Waals surface area contributed by atoms with Gasteiger partial charge in [0.2, 0.25) is 5.82 Å². The highest BCUT2D eigenvalue weighted by molar-refractivity contribution is 5.94. The standard InChI is InChI=1S/C35H33F5N2O4/c1-20-26(18-42(2)17-22-6-4-3-5-7-22)45-35(46-33(20)24-12-10-23(19-43)11-13-24)25-14-8-21(9-15-25)16-41-34(44)27-28(36)30(38)32(40)31(39)29(27)37/h3-15,20,26,33,35,43H,16-19H2,1-2H3,(H,41,44)/t20-,26+,33+,35+/m0/s1. The van der Waals surface area contributed by atoms with E-state index in [0.29, 0.717) is 17.7 Å². The zero-order valence-corrected chi connectivity index (χ0v) is 25.2. The number of aliphatic hydroxyl groups is 1. The fraction of sp³-hybridized carbons (Fsp3) is 0.286. The van der Waals surface area contributed by atoms with Gasteiger partial charge in [0.15, 0.2) is 29.6 Å². The minimum atomic E-state index is -2.34. The number of carbonyl (C=O) groups excluding carboxylic acids is 1. The van der Waals surface area contributed by atoms with Crippen LogP contribution in [0.3, 0.4) is 0 Å². The average Bonchev–Trinajstić information content (AvgIpc) is 3.07. The Hall–Kier alpha value is -4.16. The lowest BCUT2D eigenvalue weighted by molar-refractivity contribution is -0.276. The molecule has 0 radical (unpaired) electrons. The molecular formula is C35H33F5N2O4. The van der Waals surface area contributed by atoms with Gasteiger partial charge < -0.3 is 19.9 Å². The van der Waals surface area contributed by atoms with Crippen LogP contribution in [0.5, 0.6) is 0 Å². The van der Waals surface area contributed by atoms with Gasteiger partial charge in [-0.25, -0.2) is 22.0 Å². The number of ether oxygens (including phenoxy) is 2. The van der Waals surface area contributed by atoms with Crippen molar-refractivity contribution in [3.63, 3.8) is 0 Å². The number of nitrogens with zero attached hydrogens (tertiary/aromatic N) is 1. The lowest BCUT2D eigenvalue weighted by Gasteiger charge is -2.42. The lowest BCUT2D eigenvalue weighted by Crippen LogP contribution is -2.43. The van der Waals surface area contributed by atoms with Gasteiger partial charge in [0, 0.05) is 31.1 Å². The van der Waals surface area contributed by atoms with Crippen molar-refractivity contribution in [1.29, 1.82) is 0 Å². The van der Waals surface area contributed by atoms with Gasteiger partial charge in [-0.15, -0.1) is 0 Å². The molecule has 0 saturated carbocycles. The van der Waals surface area contributed by atoms with Gasteiger partial charge in [0.25, 0.3) is 5.91 Å². The molecule has 4 atom stereocenters. The molecule has 1 amide bonds. The third kappa shape index (κ3) is 7.28. The molecule has 6 nitrogen and oxygen atoms in total. The van der Waals surface area contributed by atoms with Crippen LogP contribution in [-0.4, -0.2) is 35.6 Å². The summed E-state index contributed by atoms with van der Waals surface area (Å²) < 4.78 is 81.5. The van der Waals surface area contributed by atoms with Crippen molar-refractivity contribution < 1.29 is 41.3 Å². The fourth-order valence-electron chi connectivity index (χ4n) is 5.46. The lowest BCUT2D eigenvalue weighted by atomic mass is 9.90. The Balaban J connectivity index is 1.31. The molecule has 5 rings (SSSR count). The summed E-state index contributed by atoms with van der Waals surface area (Å²) in [6.07, 6.45) is -1.32. The monoisotopic (exact) mass is 640 g/mol. The molecule has 11 heteroatoms. The van der Waals surface area contributed by atoms with Crippen LogP contribution >= 0.6 is 0 Å². The van der Waals surface area contributed by atoms with Gasteiger partial charge in [-0.05, 0) is 29.3 Å². The van der Waals surface area contributed by atoms with Gasteiger partial charge >= 0.3 is 0 Å². The van der Waals surface area contributed by atoms with Gasteiger partial charge in [0.1, 0.15) is 5.56 Å². The fourth-order valence-corrected chi connectivity index (χ4v) is 5.46. The van der Waals surface area contributed by atoms with Gasteiger partial charge in [-0.1, -0.05) is 85.8 Å². The van der Waals surface area contributed by atoms with E-state index in [1.165, 1.54) is 5.56 Å². The van der Waals surface area contributed by atoms with Crippen LogP contribution in [-0.2, 0) is 29.2 Å². The number of likely N-dealkylation sites (N-methyl/N-ethyl adjacent to an activating group) is 1. The molecule has 46 heavy (non-hydrogen) atoms. The Morgan fingerprint density at radius 3 is 1.93 bits per heavy atom. The number of aliphatic hydroxyl groups excluding tert-OH is 1. The number of hydrogen-bond donors (Lipinski definition) is 2. The maximum atomic E-state index is 14.1. The van der Waals surface area contributed by atoms with Gasteiger partial charge in [-0.2, -0.15) is 0 Å². The number of rotatable bonds is 10. The third-order valence-corrected chi connectivity index (χ3v) is 8.05. The zero-order valence-electron chi connectivity index (χ0n) is 25.2. The van der Waals surface area contributed by atoms with Crippen molar-refractivity contribution >= 4 is 5.91 Å². The predicted octanol–water partition coefficient (Wildman–Crippen LogP) is 6.73. The summed E-state index contributed by atoms with van der Waals surface area (Å²) in [4.78, 5) is 14.5. The molecule has 1 aliphatic rings. The molecular weight excluding hydrogens is 607 g/mol. The summed E-state index contributed by atoms with van der Waals surface area (Å²) >= 11 is 0. The van der Waals surface area contributed by atoms with E-state index in [9.17, 15) is 31.9 Å². The van der Waals surface area contributed by atoms with Crippen molar-refractivity contribution in [2.75, 3.05) is 13.6 Å². The minimum absolute atomic E-state index is 0.0362. The first-order valence-corrected chi connectivity index (χ1v) is 14.7. The Morgan fingerprint density at radius 1 is 0.761 bits per heavy atom. The molecule has 0 bridgehead atoms. The minimum Gasteiger partial charge on any atom is -0.392 e. The van der Waals surface area contributed by atoms with Crippen molar-refractivity contribution in [3.05, 3.63) is 141 Å². The highest BCUT2D eigenvalue weighted by Crippen LogP contribution is 2.42. The maximum absolute atomic E-state index is 14.1. The van der Waals surface area contributed by atoms with Gasteiger partial charge in [0.05, 0.1) is 18.8 Å². The summed E-state index contributed by atoms with van der Waals surface area (Å²) in [5.41, 5.74) is 2.51. The number of carbonyl (C=O) groups is 1. The van der Waals surface area contributed by atoms with E-state index in [1.807, 2.05) is 49.5 Å². The van der Waals surface area contributed by atoms with Crippen molar-refractivity contribution in [2.24, 2.45) is 5.92 Å². The first-order valence-electron chi connectivity index (χ1n) is 14.7. The van der Waals surface area contributed by atoms with Crippen LogP contribution in [0.15, 0.2) is 78.9 Å². The quantitative estimate of drug-likeness (QED) is 0.114. The summed E-state index contributed by atoms with van der Waals surface area (Å²) in [6, 6.07) is 24.3. The zero-order chi connectivity index (χ0) is 33.0. The van der Waals surface area contributed by atoms with E-state index in [1.54, 1.807) is 24.3 Å². The molecule has 2 N–H and O–H groups in total. The van der Waals surface area contributed by atoms with E-state index in [0.717, 1.165) is 17.7 Å². The molecule has 1 fully saturated rings. The molecule has 0 aromatic heterocycles.